The molecule has 0 atom stereocenters. The Morgan fingerprint density at radius 2 is 2.07 bits per heavy atom. The van der Waals surface area contributed by atoms with E-state index in [0.717, 1.165) is 11.3 Å². The summed E-state index contributed by atoms with van der Waals surface area (Å²) in [5, 5.41) is 1.43. The van der Waals surface area contributed by atoms with Crippen LogP contribution in [-0.4, -0.2) is 21.2 Å². The van der Waals surface area contributed by atoms with Crippen LogP contribution in [-0.2, 0) is 14.3 Å². The molecule has 0 saturated heterocycles. The van der Waals surface area contributed by atoms with E-state index in [4.69, 9.17) is 0 Å². The van der Waals surface area contributed by atoms with Crippen molar-refractivity contribution < 1.29 is 25.8 Å². The average Bonchev–Trinajstić information content (AvgIpc) is 2.52. The van der Waals surface area contributed by atoms with Crippen molar-refractivity contribution in [3.05, 3.63) is 17.5 Å². The van der Waals surface area contributed by atoms with Crippen LogP contribution in [0.1, 0.15) is 0 Å². The predicted octanol–water partition coefficient (Wildman–Crippen LogP) is 2.02. The van der Waals surface area contributed by atoms with Gasteiger partial charge in [0.2, 0.25) is 0 Å². The van der Waals surface area contributed by atoms with Crippen molar-refractivity contribution in [3.63, 3.8) is 0 Å². The molecule has 0 aromatic carbocycles. The van der Waals surface area contributed by atoms with Crippen LogP contribution < -0.4 is 0 Å². The zero-order valence-electron chi connectivity index (χ0n) is 6.61. The molecule has 14 heavy (non-hydrogen) atoms. The van der Waals surface area contributed by atoms with Crippen LogP contribution in [0.2, 0.25) is 0 Å². The average molecular weight is 246 g/mol. The summed E-state index contributed by atoms with van der Waals surface area (Å²) in [6, 6.07) is 2.59. The molecule has 1 heterocycles. The highest BCUT2D eigenvalue weighted by Gasteiger charge is 2.31. The monoisotopic (exact) mass is 246 g/mol. The summed E-state index contributed by atoms with van der Waals surface area (Å²) < 4.78 is 60.5. The Morgan fingerprint density at radius 3 is 2.50 bits per heavy atom. The van der Waals surface area contributed by atoms with Crippen LogP contribution in [0.25, 0.3) is 0 Å². The highest BCUT2D eigenvalue weighted by atomic mass is 32.3. The number of halogens is 3. The van der Waals surface area contributed by atoms with E-state index in [2.05, 4.69) is 4.18 Å². The lowest BCUT2D eigenvalue weighted by Crippen LogP contribution is -2.20. The van der Waals surface area contributed by atoms with Crippen molar-refractivity contribution in [1.82, 2.24) is 0 Å². The van der Waals surface area contributed by atoms with Crippen LogP contribution in [0.3, 0.4) is 0 Å². The van der Waals surface area contributed by atoms with Crippen LogP contribution >= 0.6 is 11.3 Å². The summed E-state index contributed by atoms with van der Waals surface area (Å²) in [6.45, 7) is -1.80. The molecule has 0 radical (unpaired) electrons. The number of thiophene rings is 1. The lowest BCUT2D eigenvalue weighted by atomic mass is 10.7. The second-order valence-corrected chi connectivity index (χ2v) is 5.05. The van der Waals surface area contributed by atoms with Gasteiger partial charge in [0.15, 0.2) is 6.61 Å². The van der Waals surface area contributed by atoms with Gasteiger partial charge >= 0.3 is 16.3 Å². The first-order chi connectivity index (χ1) is 6.31. The minimum absolute atomic E-state index is 0.234. The van der Waals surface area contributed by atoms with Gasteiger partial charge in [-0.05, 0) is 11.4 Å². The van der Waals surface area contributed by atoms with E-state index >= 15 is 0 Å². The maximum absolute atomic E-state index is 11.6. The van der Waals surface area contributed by atoms with Crippen molar-refractivity contribution in [1.29, 1.82) is 0 Å². The lowest BCUT2D eigenvalue weighted by molar-refractivity contribution is -0.152. The van der Waals surface area contributed by atoms with Gasteiger partial charge < -0.3 is 0 Å². The predicted molar refractivity (Wildman–Crippen MR) is 43.5 cm³/mol. The first-order valence-electron chi connectivity index (χ1n) is 3.31. The van der Waals surface area contributed by atoms with Gasteiger partial charge in [-0.2, -0.15) is 21.6 Å². The Hall–Kier alpha value is -0.600. The molecule has 1 aromatic rings. The SMILES string of the molecule is O=S(=O)(OCC(F)(F)F)c1cccs1. The molecular formula is C6H5F3O3S2. The minimum atomic E-state index is -4.65. The standard InChI is InChI=1S/C6H5F3O3S2/c7-6(8,9)4-12-14(10,11)5-2-1-3-13-5/h1-3H,4H2. The topological polar surface area (TPSA) is 43.4 Å². The molecule has 0 aliphatic heterocycles. The van der Waals surface area contributed by atoms with E-state index in [1.165, 1.54) is 17.5 Å². The van der Waals surface area contributed by atoms with Gasteiger partial charge in [-0.1, -0.05) is 6.07 Å². The molecule has 1 aromatic heterocycles. The fourth-order valence-corrected chi connectivity index (χ4v) is 2.49. The zero-order chi connectivity index (χ0) is 10.8. The molecule has 0 amide bonds. The first kappa shape index (κ1) is 11.5. The van der Waals surface area contributed by atoms with E-state index in [1.54, 1.807) is 0 Å². The Bertz CT molecular complexity index is 379. The van der Waals surface area contributed by atoms with E-state index < -0.39 is 22.9 Å². The summed E-state index contributed by atoms with van der Waals surface area (Å²) >= 11 is 0.800. The Kier molecular flexibility index (Phi) is 3.17. The molecule has 0 aliphatic rings. The van der Waals surface area contributed by atoms with Gasteiger partial charge in [0.1, 0.15) is 4.21 Å². The lowest BCUT2D eigenvalue weighted by Gasteiger charge is -2.06. The molecule has 1 rings (SSSR count). The fraction of sp³-hybridized carbons (Fsp3) is 0.333. The van der Waals surface area contributed by atoms with Crippen LogP contribution in [0.15, 0.2) is 21.7 Å². The van der Waals surface area contributed by atoms with E-state index in [9.17, 15) is 21.6 Å². The quantitative estimate of drug-likeness (QED) is 0.766. The van der Waals surface area contributed by atoms with Crippen LogP contribution in [0, 0.1) is 0 Å². The first-order valence-corrected chi connectivity index (χ1v) is 5.60. The smallest absolute Gasteiger partial charge is 0.256 e. The summed E-state index contributed by atoms with van der Waals surface area (Å²) in [7, 11) is -4.25. The summed E-state index contributed by atoms with van der Waals surface area (Å²) in [5.41, 5.74) is 0. The molecule has 80 valence electrons. The zero-order valence-corrected chi connectivity index (χ0v) is 8.25. The molecule has 0 unspecified atom stereocenters. The van der Waals surface area contributed by atoms with E-state index in [-0.39, 0.29) is 4.21 Å². The van der Waals surface area contributed by atoms with Crippen LogP contribution in [0.4, 0.5) is 13.2 Å². The molecule has 0 spiro atoms. The maximum atomic E-state index is 11.6. The van der Waals surface area contributed by atoms with E-state index in [1.807, 2.05) is 0 Å². The van der Waals surface area contributed by atoms with E-state index in [0.29, 0.717) is 0 Å². The highest BCUT2D eigenvalue weighted by molar-refractivity contribution is 7.89. The third kappa shape index (κ3) is 3.28. The molecular weight excluding hydrogens is 241 g/mol. The van der Waals surface area contributed by atoms with Crippen molar-refractivity contribution >= 4 is 21.5 Å². The second-order valence-electron chi connectivity index (χ2n) is 2.26. The molecule has 0 bridgehead atoms. The Balaban J connectivity index is 2.70. The molecule has 8 heteroatoms. The number of rotatable bonds is 3. The molecule has 0 aliphatic carbocycles. The third-order valence-corrected chi connectivity index (χ3v) is 3.74. The Morgan fingerprint density at radius 1 is 1.43 bits per heavy atom. The van der Waals surface area contributed by atoms with Gasteiger partial charge in [-0.25, -0.2) is 0 Å². The fourth-order valence-electron chi connectivity index (χ4n) is 0.608. The van der Waals surface area contributed by atoms with Crippen LogP contribution in [0.5, 0.6) is 0 Å². The van der Waals surface area contributed by atoms with Gasteiger partial charge in [0.05, 0.1) is 0 Å². The van der Waals surface area contributed by atoms with Crippen molar-refractivity contribution in [2.75, 3.05) is 6.61 Å². The number of hydrogen-bond donors (Lipinski definition) is 0. The summed E-state index contributed by atoms with van der Waals surface area (Å²) in [6.07, 6.45) is -4.65. The van der Waals surface area contributed by atoms with Gasteiger partial charge in [-0.3, -0.25) is 4.18 Å². The maximum Gasteiger partial charge on any atom is 0.413 e. The highest BCUT2D eigenvalue weighted by Crippen LogP contribution is 2.22. The van der Waals surface area contributed by atoms with Gasteiger partial charge in [-0.15, -0.1) is 11.3 Å². The van der Waals surface area contributed by atoms with Crippen molar-refractivity contribution in [2.24, 2.45) is 0 Å². The second kappa shape index (κ2) is 3.87. The molecule has 0 saturated carbocycles. The third-order valence-electron chi connectivity index (χ3n) is 1.12. The summed E-state index contributed by atoms with van der Waals surface area (Å²) in [4.78, 5) is 0. The van der Waals surface area contributed by atoms with Crippen molar-refractivity contribution in [2.45, 2.75) is 10.4 Å². The molecule has 0 fully saturated rings. The number of alkyl halides is 3. The number of hydrogen-bond acceptors (Lipinski definition) is 4. The molecule has 0 N–H and O–H groups in total. The van der Waals surface area contributed by atoms with Gasteiger partial charge in [0.25, 0.3) is 0 Å². The Labute approximate surface area is 82.2 Å². The normalized spacial score (nSPS) is 13.1. The largest absolute Gasteiger partial charge is 0.413 e. The summed E-state index contributed by atoms with van der Waals surface area (Å²) in [5.74, 6) is 0. The van der Waals surface area contributed by atoms with Gasteiger partial charge in [0, 0.05) is 0 Å². The van der Waals surface area contributed by atoms with Crippen molar-refractivity contribution in [3.8, 4) is 0 Å². The minimum Gasteiger partial charge on any atom is -0.256 e. The molecule has 3 nitrogen and oxygen atoms in total.